The monoisotopic (exact) mass is 597 g/mol. The molecular formula is C30H39N5O4S2. The van der Waals surface area contributed by atoms with Gasteiger partial charge in [-0.2, -0.15) is 4.98 Å². The van der Waals surface area contributed by atoms with E-state index in [0.717, 1.165) is 87.7 Å². The van der Waals surface area contributed by atoms with E-state index in [2.05, 4.69) is 20.9 Å². The van der Waals surface area contributed by atoms with Crippen LogP contribution in [0.1, 0.15) is 75.3 Å². The first kappa shape index (κ1) is 27.6. The van der Waals surface area contributed by atoms with Gasteiger partial charge in [0.05, 0.1) is 21.7 Å². The third kappa shape index (κ3) is 4.58. The van der Waals surface area contributed by atoms with Crippen molar-refractivity contribution in [1.29, 1.82) is 0 Å². The number of hydrogen-bond donors (Lipinski definition) is 2. The van der Waals surface area contributed by atoms with Crippen molar-refractivity contribution in [3.63, 3.8) is 0 Å². The van der Waals surface area contributed by atoms with E-state index < -0.39 is 21.4 Å². The number of carbonyl (C=O) groups excluding carboxylic acids is 1. The number of aliphatic hydroxyl groups is 1. The highest BCUT2D eigenvalue weighted by atomic mass is 32.2. The highest BCUT2D eigenvalue weighted by Crippen LogP contribution is 2.58. The molecule has 1 aromatic heterocycles. The predicted molar refractivity (Wildman–Crippen MR) is 160 cm³/mol. The smallest absolute Gasteiger partial charge is 0.239 e. The van der Waals surface area contributed by atoms with E-state index in [0.29, 0.717) is 23.1 Å². The first-order chi connectivity index (χ1) is 19.6. The van der Waals surface area contributed by atoms with E-state index >= 15 is 0 Å². The van der Waals surface area contributed by atoms with Crippen LogP contribution in [0.15, 0.2) is 29.3 Å². The Balaban J connectivity index is 1.08. The third-order valence-corrected chi connectivity index (χ3v) is 13.5. The van der Waals surface area contributed by atoms with Crippen LogP contribution in [0.25, 0.3) is 0 Å². The van der Waals surface area contributed by atoms with Crippen LogP contribution in [0, 0.1) is 12.3 Å². The molecule has 2 aliphatic heterocycles. The molecule has 2 N–H and O–H groups in total. The summed E-state index contributed by atoms with van der Waals surface area (Å²) in [7, 11) is -3.40. The zero-order valence-electron chi connectivity index (χ0n) is 23.8. The Morgan fingerprint density at radius 3 is 2.54 bits per heavy atom. The molecule has 3 aliphatic carbocycles. The molecule has 220 valence electrons. The minimum Gasteiger partial charge on any atom is -0.393 e. The summed E-state index contributed by atoms with van der Waals surface area (Å²) in [4.78, 5) is 25.1. The van der Waals surface area contributed by atoms with Gasteiger partial charge in [-0.05, 0) is 107 Å². The van der Waals surface area contributed by atoms with E-state index in [1.54, 1.807) is 36.3 Å². The second-order valence-electron chi connectivity index (χ2n) is 13.0. The van der Waals surface area contributed by atoms with Crippen LogP contribution >= 0.6 is 11.9 Å². The maximum Gasteiger partial charge on any atom is 0.239 e. The largest absolute Gasteiger partial charge is 0.393 e. The van der Waals surface area contributed by atoms with Crippen molar-refractivity contribution in [3.05, 3.63) is 35.5 Å². The number of nitrogens with zero attached hydrogens (tertiary/aromatic N) is 4. The molecule has 1 saturated heterocycles. The van der Waals surface area contributed by atoms with E-state index in [1.807, 2.05) is 11.8 Å². The van der Waals surface area contributed by atoms with Crippen molar-refractivity contribution in [2.75, 3.05) is 29.6 Å². The summed E-state index contributed by atoms with van der Waals surface area (Å²) in [6.07, 6.45) is 11.9. The number of piperidine rings is 1. The van der Waals surface area contributed by atoms with Crippen LogP contribution in [0.3, 0.4) is 0 Å². The average molecular weight is 598 g/mol. The first-order valence-corrected chi connectivity index (χ1v) is 17.7. The van der Waals surface area contributed by atoms with Gasteiger partial charge in [0, 0.05) is 36.6 Å². The first-order valence-electron chi connectivity index (χ1n) is 14.9. The van der Waals surface area contributed by atoms with Gasteiger partial charge in [-0.3, -0.25) is 14.0 Å². The molecule has 0 bridgehead atoms. The van der Waals surface area contributed by atoms with Gasteiger partial charge in [-0.15, -0.1) is 0 Å². The number of rotatable bonds is 6. The predicted octanol–water partition coefficient (Wildman–Crippen LogP) is 4.51. The van der Waals surface area contributed by atoms with E-state index in [-0.39, 0.29) is 22.6 Å². The summed E-state index contributed by atoms with van der Waals surface area (Å²) < 4.78 is 29.4. The molecule has 1 unspecified atom stereocenters. The molecule has 2 spiro atoms. The normalized spacial score (nSPS) is 27.2. The van der Waals surface area contributed by atoms with Gasteiger partial charge < -0.3 is 10.4 Å². The minimum atomic E-state index is -3.40. The molecule has 4 fully saturated rings. The Morgan fingerprint density at radius 1 is 1.12 bits per heavy atom. The molecule has 7 rings (SSSR count). The van der Waals surface area contributed by atoms with Crippen molar-refractivity contribution < 1.29 is 18.3 Å². The van der Waals surface area contributed by atoms with E-state index in [9.17, 15) is 18.3 Å². The standard InChI is InChI=1S/C30H39N5O4S2/c1-19-14-22(41(38,39)23-16-29(17-23)10-12-34(40-2)13-11-29)6-7-25(19)32-28-31-18-24-26(33-28)35(27(37)30(24)8-9-30)20-4-3-5-21(36)15-20/h6-7,14,18,20-21,23,36H,3-5,8-13,15-17H2,1-2H3,(H,31,32,33)/t20?,21-/m1/s1. The number of anilines is 3. The zero-order chi connectivity index (χ0) is 28.6. The summed E-state index contributed by atoms with van der Waals surface area (Å²) in [5.41, 5.74) is 2.13. The molecule has 41 heavy (non-hydrogen) atoms. The van der Waals surface area contributed by atoms with Crippen LogP contribution in [-0.4, -0.2) is 70.4 Å². The maximum absolute atomic E-state index is 13.5. The van der Waals surface area contributed by atoms with Crippen LogP contribution in [0.2, 0.25) is 0 Å². The van der Waals surface area contributed by atoms with E-state index in [1.165, 1.54) is 0 Å². The fourth-order valence-corrected chi connectivity index (χ4v) is 10.3. The highest BCUT2D eigenvalue weighted by Gasteiger charge is 2.61. The lowest BCUT2D eigenvalue weighted by atomic mass is 9.63. The number of benzene rings is 1. The molecule has 9 nitrogen and oxygen atoms in total. The Bertz CT molecular complexity index is 1480. The van der Waals surface area contributed by atoms with Crippen LogP contribution in [0.5, 0.6) is 0 Å². The molecule has 11 heteroatoms. The summed E-state index contributed by atoms with van der Waals surface area (Å²) >= 11 is 1.78. The van der Waals surface area contributed by atoms with Crippen LogP contribution < -0.4 is 10.2 Å². The van der Waals surface area contributed by atoms with Crippen molar-refractivity contribution in [2.45, 2.75) is 98.8 Å². The van der Waals surface area contributed by atoms with Gasteiger partial charge >= 0.3 is 0 Å². The zero-order valence-corrected chi connectivity index (χ0v) is 25.4. The number of amides is 1. The van der Waals surface area contributed by atoms with Gasteiger partial charge in [-0.1, -0.05) is 11.9 Å². The number of aryl methyl sites for hydroxylation is 1. The number of hydrogen-bond acceptors (Lipinski definition) is 9. The molecule has 5 aliphatic rings. The molecular weight excluding hydrogens is 558 g/mol. The Morgan fingerprint density at radius 2 is 1.88 bits per heavy atom. The van der Waals surface area contributed by atoms with Crippen molar-refractivity contribution in [2.24, 2.45) is 5.41 Å². The highest BCUT2D eigenvalue weighted by molar-refractivity contribution is 7.96. The lowest BCUT2D eigenvalue weighted by Crippen LogP contribution is -2.50. The molecule has 3 saturated carbocycles. The van der Waals surface area contributed by atoms with Crippen molar-refractivity contribution >= 4 is 45.1 Å². The second-order valence-corrected chi connectivity index (χ2v) is 16.1. The molecule has 1 aromatic carbocycles. The lowest BCUT2D eigenvalue weighted by molar-refractivity contribution is -0.121. The fraction of sp³-hybridized carbons (Fsp3) is 0.633. The number of aromatic nitrogens is 2. The summed E-state index contributed by atoms with van der Waals surface area (Å²) in [6, 6.07) is 5.19. The SMILES string of the molecule is CSN1CCC2(CC1)CC(S(=O)(=O)c1ccc(Nc3ncc4c(n3)N(C3CCC[C@@H](O)C3)C(=O)C43CC3)c(C)c1)C2. The third-order valence-electron chi connectivity index (χ3n) is 10.4. The number of fused-ring (bicyclic) bond motifs is 2. The lowest BCUT2D eigenvalue weighted by Gasteiger charge is -2.51. The van der Waals surface area contributed by atoms with Crippen molar-refractivity contribution in [3.8, 4) is 0 Å². The van der Waals surface area contributed by atoms with Gasteiger partial charge in [0.25, 0.3) is 0 Å². The summed E-state index contributed by atoms with van der Waals surface area (Å²) in [5.74, 6) is 1.13. The van der Waals surface area contributed by atoms with Gasteiger partial charge in [-0.25, -0.2) is 13.4 Å². The Kier molecular flexibility index (Phi) is 6.68. The molecule has 2 atom stereocenters. The molecule has 1 amide bonds. The van der Waals surface area contributed by atoms with Crippen LogP contribution in [0.4, 0.5) is 17.5 Å². The van der Waals surface area contributed by atoms with E-state index in [4.69, 9.17) is 4.98 Å². The summed E-state index contributed by atoms with van der Waals surface area (Å²) in [5, 5.41) is 13.3. The van der Waals surface area contributed by atoms with Crippen molar-refractivity contribution in [1.82, 2.24) is 14.3 Å². The number of carbonyl (C=O) groups is 1. The van der Waals surface area contributed by atoms with Crippen LogP contribution in [-0.2, 0) is 20.0 Å². The fourth-order valence-electron chi connectivity index (χ4n) is 7.66. The molecule has 2 aromatic rings. The molecule has 3 heterocycles. The minimum absolute atomic E-state index is 0.0531. The van der Waals surface area contributed by atoms with Gasteiger partial charge in [0.15, 0.2) is 9.84 Å². The summed E-state index contributed by atoms with van der Waals surface area (Å²) in [6.45, 7) is 3.97. The number of sulfone groups is 1. The average Bonchev–Trinajstić information content (AvgIpc) is 3.71. The Labute approximate surface area is 246 Å². The number of nitrogens with one attached hydrogen (secondary N) is 1. The number of aliphatic hydroxyl groups excluding tert-OH is 1. The topological polar surface area (TPSA) is 116 Å². The second kappa shape index (κ2) is 9.92. The Hall–Kier alpha value is -2.21. The quantitative estimate of drug-likeness (QED) is 0.464. The maximum atomic E-state index is 13.5. The molecule has 0 radical (unpaired) electrons. The van der Waals surface area contributed by atoms with Gasteiger partial charge in [0.2, 0.25) is 11.9 Å². The van der Waals surface area contributed by atoms with Gasteiger partial charge in [0.1, 0.15) is 5.82 Å².